The molecule has 0 aliphatic carbocycles. The zero-order valence-electron chi connectivity index (χ0n) is 16.0. The van der Waals surface area contributed by atoms with E-state index in [0.717, 1.165) is 28.1 Å². The van der Waals surface area contributed by atoms with Gasteiger partial charge in [-0.15, -0.1) is 0 Å². The molecule has 0 unspecified atom stereocenters. The van der Waals surface area contributed by atoms with Crippen LogP contribution in [0.4, 0.5) is 5.69 Å². The summed E-state index contributed by atoms with van der Waals surface area (Å²) in [6.45, 7) is 6.75. The normalized spacial score (nSPS) is 10.7. The Morgan fingerprint density at radius 2 is 1.63 bits per heavy atom. The molecule has 0 heterocycles. The van der Waals surface area contributed by atoms with Crippen LogP contribution in [0.1, 0.15) is 46.8 Å². The number of hydrogen-bond acceptors (Lipinski definition) is 2. The van der Waals surface area contributed by atoms with Gasteiger partial charge in [-0.2, -0.15) is 0 Å². The largest absolute Gasteiger partial charge is 0.489 e. The van der Waals surface area contributed by atoms with Gasteiger partial charge in [-0.3, -0.25) is 4.79 Å². The molecule has 1 N–H and O–H groups in total. The number of anilines is 1. The molecule has 0 atom stereocenters. The molecule has 0 fully saturated rings. The summed E-state index contributed by atoms with van der Waals surface area (Å²) in [7, 11) is 0. The smallest absolute Gasteiger partial charge is 0.255 e. The number of para-hydroxylation sites is 2. The number of aryl methyl sites for hydroxylation is 1. The average Bonchev–Trinajstić information content (AvgIpc) is 2.69. The summed E-state index contributed by atoms with van der Waals surface area (Å²) in [6.07, 6.45) is 0. The van der Waals surface area contributed by atoms with Crippen LogP contribution in [0.2, 0.25) is 0 Å². The van der Waals surface area contributed by atoms with E-state index in [4.69, 9.17) is 4.74 Å². The molecule has 3 heteroatoms. The van der Waals surface area contributed by atoms with Crippen LogP contribution in [0.5, 0.6) is 5.75 Å². The van der Waals surface area contributed by atoms with Crippen molar-refractivity contribution < 1.29 is 9.53 Å². The van der Waals surface area contributed by atoms with Crippen molar-refractivity contribution in [3.8, 4) is 5.75 Å². The number of hydrogen-bond donors (Lipinski definition) is 1. The molecule has 0 aliphatic rings. The highest BCUT2D eigenvalue weighted by atomic mass is 16.5. The van der Waals surface area contributed by atoms with Gasteiger partial charge in [-0.05, 0) is 53.8 Å². The quantitative estimate of drug-likeness (QED) is 0.590. The second-order valence-electron chi connectivity index (χ2n) is 6.95. The Labute approximate surface area is 161 Å². The summed E-state index contributed by atoms with van der Waals surface area (Å²) >= 11 is 0. The highest BCUT2D eigenvalue weighted by molar-refractivity contribution is 6.05. The first-order valence-electron chi connectivity index (χ1n) is 9.22. The summed E-state index contributed by atoms with van der Waals surface area (Å²) in [6, 6.07) is 23.4. The van der Waals surface area contributed by atoms with E-state index >= 15 is 0 Å². The van der Waals surface area contributed by atoms with Gasteiger partial charge >= 0.3 is 0 Å². The van der Waals surface area contributed by atoms with Crippen LogP contribution in [0, 0.1) is 6.92 Å². The first kappa shape index (κ1) is 18.7. The van der Waals surface area contributed by atoms with Gasteiger partial charge in [0.25, 0.3) is 5.91 Å². The molecule has 0 aliphatic heterocycles. The predicted molar refractivity (Wildman–Crippen MR) is 110 cm³/mol. The highest BCUT2D eigenvalue weighted by Gasteiger charge is 2.13. The zero-order chi connectivity index (χ0) is 19.2. The lowest BCUT2D eigenvalue weighted by Gasteiger charge is -2.16. The van der Waals surface area contributed by atoms with Crippen LogP contribution in [-0.4, -0.2) is 5.91 Å². The molecular formula is C24H25NO2. The first-order valence-corrected chi connectivity index (χ1v) is 9.22. The van der Waals surface area contributed by atoms with Crippen LogP contribution in [0.15, 0.2) is 72.8 Å². The zero-order valence-corrected chi connectivity index (χ0v) is 16.0. The van der Waals surface area contributed by atoms with Gasteiger partial charge in [0.15, 0.2) is 0 Å². The molecule has 138 valence electrons. The van der Waals surface area contributed by atoms with Gasteiger partial charge in [0.1, 0.15) is 12.4 Å². The van der Waals surface area contributed by atoms with Crippen molar-refractivity contribution in [1.82, 2.24) is 0 Å². The second-order valence-corrected chi connectivity index (χ2v) is 6.95. The van der Waals surface area contributed by atoms with Crippen molar-refractivity contribution in [3.63, 3.8) is 0 Å². The van der Waals surface area contributed by atoms with E-state index < -0.39 is 0 Å². The molecule has 0 bridgehead atoms. The van der Waals surface area contributed by atoms with Gasteiger partial charge < -0.3 is 10.1 Å². The van der Waals surface area contributed by atoms with Crippen molar-refractivity contribution in [2.24, 2.45) is 0 Å². The van der Waals surface area contributed by atoms with Crippen molar-refractivity contribution in [2.45, 2.75) is 33.3 Å². The van der Waals surface area contributed by atoms with E-state index in [1.165, 1.54) is 0 Å². The van der Waals surface area contributed by atoms with E-state index in [0.29, 0.717) is 18.1 Å². The first-order chi connectivity index (χ1) is 13.0. The van der Waals surface area contributed by atoms with Crippen LogP contribution in [-0.2, 0) is 6.61 Å². The lowest BCUT2D eigenvalue weighted by Crippen LogP contribution is -2.15. The van der Waals surface area contributed by atoms with Crippen molar-refractivity contribution in [3.05, 3.63) is 95.1 Å². The van der Waals surface area contributed by atoms with Gasteiger partial charge in [-0.25, -0.2) is 0 Å². The molecule has 1 amide bonds. The standard InChI is InChI=1S/C24H25NO2/c1-17(2)22-11-7-8-18(3)23(22)25-24(26)20-14-12-19(13-15-20)16-27-21-9-5-4-6-10-21/h4-15,17H,16H2,1-3H3,(H,25,26). The maximum Gasteiger partial charge on any atom is 0.255 e. The Bertz CT molecular complexity index is 899. The third-order valence-electron chi connectivity index (χ3n) is 4.53. The van der Waals surface area contributed by atoms with Crippen LogP contribution < -0.4 is 10.1 Å². The van der Waals surface area contributed by atoms with Gasteiger partial charge in [0.05, 0.1) is 0 Å². The highest BCUT2D eigenvalue weighted by Crippen LogP contribution is 2.27. The summed E-state index contributed by atoms with van der Waals surface area (Å²) in [4.78, 5) is 12.7. The van der Waals surface area contributed by atoms with Gasteiger partial charge in [0, 0.05) is 11.3 Å². The summed E-state index contributed by atoms with van der Waals surface area (Å²) in [5.74, 6) is 1.08. The minimum Gasteiger partial charge on any atom is -0.489 e. The fourth-order valence-corrected chi connectivity index (χ4v) is 2.96. The van der Waals surface area contributed by atoms with Crippen LogP contribution in [0.3, 0.4) is 0 Å². The number of carbonyl (C=O) groups is 1. The maximum atomic E-state index is 12.7. The van der Waals surface area contributed by atoms with Crippen molar-refractivity contribution >= 4 is 11.6 Å². The Balaban J connectivity index is 1.68. The second kappa shape index (κ2) is 8.54. The lowest BCUT2D eigenvalue weighted by molar-refractivity contribution is 0.102. The Kier molecular flexibility index (Phi) is 5.92. The molecule has 0 spiro atoms. The minimum absolute atomic E-state index is 0.0956. The molecule has 27 heavy (non-hydrogen) atoms. The van der Waals surface area contributed by atoms with Crippen LogP contribution >= 0.6 is 0 Å². The minimum atomic E-state index is -0.0956. The topological polar surface area (TPSA) is 38.3 Å². The number of ether oxygens (including phenoxy) is 1. The molecule has 0 saturated heterocycles. The number of amides is 1. The number of benzene rings is 3. The van der Waals surface area contributed by atoms with E-state index in [1.54, 1.807) is 0 Å². The number of rotatable bonds is 6. The van der Waals surface area contributed by atoms with Crippen molar-refractivity contribution in [1.29, 1.82) is 0 Å². The fraction of sp³-hybridized carbons (Fsp3) is 0.208. The molecule has 3 aromatic carbocycles. The summed E-state index contributed by atoms with van der Waals surface area (Å²) in [5, 5.41) is 3.08. The van der Waals surface area contributed by atoms with E-state index in [2.05, 4.69) is 25.2 Å². The monoisotopic (exact) mass is 359 g/mol. The maximum absolute atomic E-state index is 12.7. The number of nitrogens with one attached hydrogen (secondary N) is 1. The Morgan fingerprint density at radius 3 is 2.30 bits per heavy atom. The molecule has 3 nitrogen and oxygen atoms in total. The van der Waals surface area contributed by atoms with Gasteiger partial charge in [0.2, 0.25) is 0 Å². The molecule has 0 radical (unpaired) electrons. The predicted octanol–water partition coefficient (Wildman–Crippen LogP) is 5.95. The van der Waals surface area contributed by atoms with E-state index in [-0.39, 0.29) is 5.91 Å². The fourth-order valence-electron chi connectivity index (χ4n) is 2.96. The summed E-state index contributed by atoms with van der Waals surface area (Å²) in [5.41, 5.74) is 4.79. The Morgan fingerprint density at radius 1 is 0.926 bits per heavy atom. The van der Waals surface area contributed by atoms with E-state index in [9.17, 15) is 4.79 Å². The lowest BCUT2D eigenvalue weighted by atomic mass is 9.98. The van der Waals surface area contributed by atoms with Crippen LogP contribution in [0.25, 0.3) is 0 Å². The average molecular weight is 359 g/mol. The van der Waals surface area contributed by atoms with Crippen molar-refractivity contribution in [2.75, 3.05) is 5.32 Å². The SMILES string of the molecule is Cc1cccc(C(C)C)c1NC(=O)c1ccc(COc2ccccc2)cc1. The van der Waals surface area contributed by atoms with Gasteiger partial charge in [-0.1, -0.05) is 62.4 Å². The Hall–Kier alpha value is -3.07. The molecular weight excluding hydrogens is 334 g/mol. The molecule has 0 aromatic heterocycles. The summed E-state index contributed by atoms with van der Waals surface area (Å²) < 4.78 is 5.75. The molecule has 0 saturated carbocycles. The van der Waals surface area contributed by atoms with E-state index in [1.807, 2.05) is 73.7 Å². The molecule has 3 aromatic rings. The molecule has 3 rings (SSSR count). The third-order valence-corrected chi connectivity index (χ3v) is 4.53. The number of carbonyl (C=O) groups excluding carboxylic acids is 1. The third kappa shape index (κ3) is 4.76.